The largest absolute Gasteiger partial charge is 0.478 e. The first kappa shape index (κ1) is 16.5. The third-order valence-corrected chi connectivity index (χ3v) is 5.86. The van der Waals surface area contributed by atoms with Crippen LogP contribution >= 0.6 is 15.9 Å². The Morgan fingerprint density at radius 2 is 2.00 bits per heavy atom. The van der Waals surface area contributed by atoms with E-state index in [0.29, 0.717) is 17.1 Å². The number of hydrogen-bond acceptors (Lipinski definition) is 5. The van der Waals surface area contributed by atoms with Gasteiger partial charge < -0.3 is 9.63 Å². The molecule has 1 aromatic heterocycles. The zero-order valence-electron chi connectivity index (χ0n) is 12.0. The van der Waals surface area contributed by atoms with E-state index in [1.165, 1.54) is 25.2 Å². The van der Waals surface area contributed by atoms with Crippen LogP contribution in [0.4, 0.5) is 5.69 Å². The Morgan fingerprint density at radius 3 is 2.45 bits per heavy atom. The second kappa shape index (κ2) is 5.73. The van der Waals surface area contributed by atoms with Crippen molar-refractivity contribution < 1.29 is 22.8 Å². The molecule has 0 saturated carbocycles. The smallest absolute Gasteiger partial charge is 0.335 e. The molecule has 0 aliphatic rings. The minimum absolute atomic E-state index is 0.00850. The van der Waals surface area contributed by atoms with Crippen LogP contribution in [0.2, 0.25) is 0 Å². The van der Waals surface area contributed by atoms with Crippen LogP contribution in [-0.4, -0.2) is 31.7 Å². The van der Waals surface area contributed by atoms with Gasteiger partial charge in [0.2, 0.25) is 0 Å². The molecule has 1 heterocycles. The molecule has 0 spiro atoms. The topological polar surface area (TPSA) is 101 Å². The van der Waals surface area contributed by atoms with E-state index in [4.69, 9.17) is 9.63 Å². The number of aromatic nitrogens is 1. The van der Waals surface area contributed by atoms with Gasteiger partial charge in [0.1, 0.15) is 16.3 Å². The van der Waals surface area contributed by atoms with Crippen molar-refractivity contribution in [2.45, 2.75) is 18.7 Å². The number of sulfonamides is 1. The molecule has 0 unspecified atom stereocenters. The second-order valence-corrected chi connectivity index (χ2v) is 7.39. The summed E-state index contributed by atoms with van der Waals surface area (Å²) in [5, 5.41) is 12.7. The normalized spacial score (nSPS) is 11.5. The van der Waals surface area contributed by atoms with Crippen molar-refractivity contribution in [1.82, 2.24) is 5.16 Å². The van der Waals surface area contributed by atoms with Gasteiger partial charge in [-0.2, -0.15) is 0 Å². The molecule has 0 fully saturated rings. The van der Waals surface area contributed by atoms with Crippen molar-refractivity contribution >= 4 is 37.6 Å². The summed E-state index contributed by atoms with van der Waals surface area (Å²) in [4.78, 5) is 10.9. The molecule has 0 radical (unpaired) electrons. The Balaban J connectivity index is 2.54. The lowest BCUT2D eigenvalue weighted by atomic mass is 10.2. The van der Waals surface area contributed by atoms with Gasteiger partial charge in [-0.25, -0.2) is 13.2 Å². The fourth-order valence-corrected chi connectivity index (χ4v) is 4.37. The third kappa shape index (κ3) is 2.73. The molecule has 9 heteroatoms. The highest BCUT2D eigenvalue weighted by Crippen LogP contribution is 2.31. The fourth-order valence-electron chi connectivity index (χ4n) is 2.04. The van der Waals surface area contributed by atoms with Crippen molar-refractivity contribution in [3.05, 3.63) is 39.7 Å². The maximum atomic E-state index is 12.7. The number of carboxylic acid groups (broad SMARTS) is 1. The van der Waals surface area contributed by atoms with E-state index in [-0.39, 0.29) is 14.9 Å². The van der Waals surface area contributed by atoms with Gasteiger partial charge in [-0.05, 0) is 48.0 Å². The third-order valence-electron chi connectivity index (χ3n) is 3.13. The van der Waals surface area contributed by atoms with Crippen LogP contribution < -0.4 is 4.31 Å². The first-order valence-electron chi connectivity index (χ1n) is 6.11. The minimum atomic E-state index is -3.89. The maximum Gasteiger partial charge on any atom is 0.335 e. The molecule has 0 saturated heterocycles. The Kier molecular flexibility index (Phi) is 4.30. The van der Waals surface area contributed by atoms with Crippen molar-refractivity contribution in [1.29, 1.82) is 0 Å². The second-order valence-electron chi connectivity index (χ2n) is 4.60. The van der Waals surface area contributed by atoms with E-state index in [1.54, 1.807) is 13.8 Å². The SMILES string of the molecule is Cc1noc(C)c1N(C)S(=O)(=O)c1ccc(C(=O)O)cc1Br. The van der Waals surface area contributed by atoms with Crippen LogP contribution in [0.15, 0.2) is 32.1 Å². The molecule has 7 nitrogen and oxygen atoms in total. The molecular weight excluding hydrogens is 376 g/mol. The maximum absolute atomic E-state index is 12.7. The number of benzene rings is 1. The Labute approximate surface area is 135 Å². The summed E-state index contributed by atoms with van der Waals surface area (Å²) in [5.74, 6) is -0.759. The van der Waals surface area contributed by atoms with E-state index in [1.807, 2.05) is 0 Å². The lowest BCUT2D eigenvalue weighted by Crippen LogP contribution is -2.27. The molecule has 1 N–H and O–H groups in total. The molecule has 0 aliphatic heterocycles. The van der Waals surface area contributed by atoms with Gasteiger partial charge in [0.05, 0.1) is 5.56 Å². The lowest BCUT2D eigenvalue weighted by Gasteiger charge is -2.19. The van der Waals surface area contributed by atoms with Crippen molar-refractivity contribution in [3.8, 4) is 0 Å². The average Bonchev–Trinajstić information content (AvgIpc) is 2.76. The quantitative estimate of drug-likeness (QED) is 0.863. The summed E-state index contributed by atoms with van der Waals surface area (Å²) in [5.41, 5.74) is 0.793. The highest BCUT2D eigenvalue weighted by molar-refractivity contribution is 9.10. The Bertz CT molecular complexity index is 825. The zero-order chi connectivity index (χ0) is 16.7. The van der Waals surface area contributed by atoms with Crippen LogP contribution in [0.25, 0.3) is 0 Å². The standard InChI is InChI=1S/C13H13BrN2O5S/c1-7-12(8(2)21-15-7)16(3)22(19,20)11-5-4-9(13(17)18)6-10(11)14/h4-6H,1-3H3,(H,17,18). The molecule has 2 aromatic rings. The van der Waals surface area contributed by atoms with Crippen LogP contribution in [0.1, 0.15) is 21.8 Å². The van der Waals surface area contributed by atoms with Gasteiger partial charge in [-0.3, -0.25) is 4.31 Å². The number of rotatable bonds is 4. The van der Waals surface area contributed by atoms with E-state index in [9.17, 15) is 13.2 Å². The summed E-state index contributed by atoms with van der Waals surface area (Å²) < 4.78 is 31.7. The van der Waals surface area contributed by atoms with Gasteiger partial charge in [-0.1, -0.05) is 5.16 Å². The molecule has 118 valence electrons. The molecular formula is C13H13BrN2O5S. The number of aromatic carboxylic acids is 1. The number of anilines is 1. The summed E-state index contributed by atoms with van der Waals surface area (Å²) in [6.07, 6.45) is 0. The lowest BCUT2D eigenvalue weighted by molar-refractivity contribution is 0.0696. The molecule has 0 amide bonds. The molecule has 22 heavy (non-hydrogen) atoms. The highest BCUT2D eigenvalue weighted by atomic mass is 79.9. The van der Waals surface area contributed by atoms with Crippen LogP contribution in [0.5, 0.6) is 0 Å². The van der Waals surface area contributed by atoms with Crippen molar-refractivity contribution in [2.24, 2.45) is 0 Å². The van der Waals surface area contributed by atoms with Gasteiger partial charge in [0.15, 0.2) is 5.76 Å². The van der Waals surface area contributed by atoms with Gasteiger partial charge in [-0.15, -0.1) is 0 Å². The number of aryl methyl sites for hydroxylation is 2. The van der Waals surface area contributed by atoms with Crippen molar-refractivity contribution in [3.63, 3.8) is 0 Å². The molecule has 2 rings (SSSR count). The average molecular weight is 389 g/mol. The Hall–Kier alpha value is -1.87. The number of nitrogens with zero attached hydrogens (tertiary/aromatic N) is 2. The van der Waals surface area contributed by atoms with Crippen LogP contribution in [0.3, 0.4) is 0 Å². The van der Waals surface area contributed by atoms with E-state index < -0.39 is 16.0 Å². The van der Waals surface area contributed by atoms with Gasteiger partial charge in [0, 0.05) is 11.5 Å². The molecule has 0 atom stereocenters. The van der Waals surface area contributed by atoms with E-state index in [2.05, 4.69) is 21.1 Å². The van der Waals surface area contributed by atoms with Crippen LogP contribution in [0, 0.1) is 13.8 Å². The Morgan fingerprint density at radius 1 is 1.36 bits per heavy atom. The summed E-state index contributed by atoms with van der Waals surface area (Å²) in [6, 6.07) is 3.73. The number of carbonyl (C=O) groups is 1. The zero-order valence-corrected chi connectivity index (χ0v) is 14.4. The predicted molar refractivity (Wildman–Crippen MR) is 82.7 cm³/mol. The van der Waals surface area contributed by atoms with Crippen LogP contribution in [-0.2, 0) is 10.0 Å². The number of halogens is 1. The summed E-state index contributed by atoms with van der Waals surface area (Å²) in [7, 11) is -2.50. The monoisotopic (exact) mass is 388 g/mol. The predicted octanol–water partition coefficient (Wildman–Crippen LogP) is 2.58. The minimum Gasteiger partial charge on any atom is -0.478 e. The summed E-state index contributed by atoms with van der Waals surface area (Å²) in [6.45, 7) is 3.25. The fraction of sp³-hybridized carbons (Fsp3) is 0.231. The molecule has 1 aromatic carbocycles. The first-order valence-corrected chi connectivity index (χ1v) is 8.34. The first-order chi connectivity index (χ1) is 10.2. The number of hydrogen-bond donors (Lipinski definition) is 1. The summed E-state index contributed by atoms with van der Waals surface area (Å²) >= 11 is 3.11. The van der Waals surface area contributed by atoms with Gasteiger partial charge in [0.25, 0.3) is 10.0 Å². The highest BCUT2D eigenvalue weighted by Gasteiger charge is 2.28. The molecule has 0 aliphatic carbocycles. The molecule has 0 bridgehead atoms. The van der Waals surface area contributed by atoms with Gasteiger partial charge >= 0.3 is 5.97 Å². The van der Waals surface area contributed by atoms with E-state index in [0.717, 1.165) is 4.31 Å². The van der Waals surface area contributed by atoms with E-state index >= 15 is 0 Å². The van der Waals surface area contributed by atoms with Crippen molar-refractivity contribution in [2.75, 3.05) is 11.4 Å². The number of carboxylic acids is 1.